The monoisotopic (exact) mass is 813 g/mol. The Bertz CT molecular complexity index is 1850. The Morgan fingerprint density at radius 1 is 0.793 bits per heavy atom. The summed E-state index contributed by atoms with van der Waals surface area (Å²) in [6, 6.07) is 4.18. The predicted molar refractivity (Wildman–Crippen MR) is 206 cm³/mol. The highest BCUT2D eigenvalue weighted by atomic mass is 16.8. The normalized spacial score (nSPS) is 46.4. The van der Waals surface area contributed by atoms with Gasteiger partial charge in [0.15, 0.2) is 17.6 Å². The van der Waals surface area contributed by atoms with E-state index < -0.39 is 105 Å². The van der Waals surface area contributed by atoms with Crippen LogP contribution in [0.5, 0.6) is 11.5 Å². The number of carbonyl (C=O) groups excluding carboxylic acids is 3. The van der Waals surface area contributed by atoms with E-state index in [1.165, 1.54) is 20.3 Å². The van der Waals surface area contributed by atoms with E-state index in [0.717, 1.165) is 6.42 Å². The molecule has 1 aromatic rings. The molecule has 7 fully saturated rings. The van der Waals surface area contributed by atoms with Gasteiger partial charge in [0, 0.05) is 55.1 Å². The van der Waals surface area contributed by atoms with Crippen molar-refractivity contribution in [2.75, 3.05) is 27.3 Å². The Balaban J connectivity index is 1.27. The number of nitrogens with zero attached hydrogens (tertiary/aromatic N) is 1. The van der Waals surface area contributed by atoms with Crippen molar-refractivity contribution in [3.05, 3.63) is 23.8 Å². The van der Waals surface area contributed by atoms with E-state index in [0.29, 0.717) is 43.7 Å². The van der Waals surface area contributed by atoms with Gasteiger partial charge in [-0.15, -0.1) is 0 Å². The second-order valence-electron chi connectivity index (χ2n) is 19.9. The first-order valence-electron chi connectivity index (χ1n) is 21.3. The molecule has 7 aliphatic rings. The lowest BCUT2D eigenvalue weighted by Gasteiger charge is -2.68. The first kappa shape index (κ1) is 41.7. The fourth-order valence-corrected chi connectivity index (χ4v) is 13.4. The molecular formula is C44H63NO13. The molecule has 14 nitrogen and oxygen atoms in total. The molecule has 1 aromatic carbocycles. The highest BCUT2D eigenvalue weighted by Gasteiger charge is 2.90. The molecule has 3 aliphatic heterocycles. The van der Waals surface area contributed by atoms with Crippen LogP contribution in [0.25, 0.3) is 0 Å². The standard InChI is InChI=1S/C44H63NO13/c1-23(2)35(46)55-33-16-17-38(6)29-13-14-30-40(50)19-34(56-36(47)24(3)4)43(52)31(21-45-20-25(5)10-15-32(45)39(43,7)49)41(40,51)22-42(30,38)58-44(29,33)57-37(48)26-11-12-27(53-8)28(18-26)54-9/h11-12,18,23-25,29-34,49-52H,10,13-17,19-22H2,1-9H3/t25-,29-,30-,31-,32-,33-,34-,38-,39+,40+,41+,42+,43-,44-/m0/s1. The summed E-state index contributed by atoms with van der Waals surface area (Å²) >= 11 is 0. The van der Waals surface area contributed by atoms with E-state index in [2.05, 4.69) is 11.8 Å². The SMILES string of the molecule is COc1ccc(C(=O)O[C@]23O[C@]45C[C@@]6(O)[C@@H]7CN8C[C@@H](C)CC[C@H]8[C@@](C)(O)[C@@]7(O)[C@@H](OC(=O)C(C)C)C[C@@]6(O)[C@@H]4CC[C@H]2[C@]5(C)CC[C@@H]3OC(=O)C(C)C)cc1OC. The minimum Gasteiger partial charge on any atom is -0.493 e. The van der Waals surface area contributed by atoms with Crippen LogP contribution in [-0.2, 0) is 28.5 Å². The first-order chi connectivity index (χ1) is 27.1. The Hall–Kier alpha value is -3.01. The van der Waals surface area contributed by atoms with Gasteiger partial charge in [0.2, 0.25) is 0 Å². The van der Waals surface area contributed by atoms with Crippen LogP contribution in [0.2, 0.25) is 0 Å². The number of piperidine rings is 2. The predicted octanol–water partition coefficient (Wildman–Crippen LogP) is 3.77. The third-order valence-corrected chi connectivity index (χ3v) is 16.3. The summed E-state index contributed by atoms with van der Waals surface area (Å²) in [5.41, 5.74) is -10.1. The summed E-state index contributed by atoms with van der Waals surface area (Å²) in [4.78, 5) is 43.4. The Morgan fingerprint density at radius 3 is 2.07 bits per heavy atom. The van der Waals surface area contributed by atoms with Gasteiger partial charge in [-0.05, 0) is 69.6 Å². The Labute approximate surface area is 340 Å². The molecular weight excluding hydrogens is 750 g/mol. The molecule has 14 atom stereocenters. The lowest BCUT2D eigenvalue weighted by atomic mass is 9.48. The average Bonchev–Trinajstić information content (AvgIpc) is 3.34. The van der Waals surface area contributed by atoms with Crippen molar-refractivity contribution in [3.63, 3.8) is 0 Å². The van der Waals surface area contributed by atoms with Crippen LogP contribution in [0.1, 0.15) is 110 Å². The molecule has 0 radical (unpaired) electrons. The highest BCUT2D eigenvalue weighted by molar-refractivity contribution is 5.90. The van der Waals surface area contributed by atoms with Crippen LogP contribution in [-0.4, -0.2) is 123 Å². The van der Waals surface area contributed by atoms with Gasteiger partial charge in [0.1, 0.15) is 28.5 Å². The number of fused-ring (bicyclic) bond motifs is 5. The number of rotatable bonds is 8. The zero-order valence-electron chi connectivity index (χ0n) is 35.4. The second kappa shape index (κ2) is 13.5. The topological polar surface area (TPSA) is 191 Å². The summed E-state index contributed by atoms with van der Waals surface area (Å²) in [6.07, 6.45) is -0.0445. The van der Waals surface area contributed by atoms with Crippen molar-refractivity contribution in [2.45, 2.75) is 152 Å². The van der Waals surface area contributed by atoms with Crippen LogP contribution in [0.3, 0.4) is 0 Å². The van der Waals surface area contributed by atoms with Gasteiger partial charge in [-0.2, -0.15) is 0 Å². The van der Waals surface area contributed by atoms with E-state index in [4.69, 9.17) is 28.4 Å². The number of methoxy groups -OCH3 is 2. The number of aliphatic hydroxyl groups is 4. The summed E-state index contributed by atoms with van der Waals surface area (Å²) in [7, 11) is 2.95. The number of ether oxygens (including phenoxy) is 6. The number of carbonyl (C=O) groups is 3. The molecule has 4 bridgehead atoms. The molecule has 3 heterocycles. The fourth-order valence-electron chi connectivity index (χ4n) is 13.4. The third kappa shape index (κ3) is 5.26. The van der Waals surface area contributed by atoms with Crippen LogP contribution >= 0.6 is 0 Å². The van der Waals surface area contributed by atoms with Gasteiger partial charge in [-0.25, -0.2) is 4.79 Å². The fraction of sp³-hybridized carbons (Fsp3) is 0.795. The Kier molecular flexibility index (Phi) is 9.71. The zero-order valence-corrected chi connectivity index (χ0v) is 35.4. The van der Waals surface area contributed by atoms with E-state index in [-0.39, 0.29) is 37.3 Å². The van der Waals surface area contributed by atoms with Crippen molar-refractivity contribution >= 4 is 17.9 Å². The number of hydrogen-bond donors (Lipinski definition) is 4. The third-order valence-electron chi connectivity index (χ3n) is 16.3. The van der Waals surface area contributed by atoms with E-state index >= 15 is 0 Å². The van der Waals surface area contributed by atoms with Crippen molar-refractivity contribution < 1.29 is 63.2 Å². The first-order valence-corrected chi connectivity index (χ1v) is 21.3. The van der Waals surface area contributed by atoms with Crippen LogP contribution in [0.15, 0.2) is 18.2 Å². The average molecular weight is 814 g/mol. The molecule has 8 rings (SSSR count). The van der Waals surface area contributed by atoms with Gasteiger partial charge in [-0.1, -0.05) is 41.5 Å². The quantitative estimate of drug-likeness (QED) is 0.219. The van der Waals surface area contributed by atoms with Gasteiger partial charge in [0.05, 0.1) is 37.2 Å². The van der Waals surface area contributed by atoms with Gasteiger partial charge >= 0.3 is 17.9 Å². The number of benzene rings is 1. The molecule has 0 unspecified atom stereocenters. The molecule has 322 valence electrons. The van der Waals surface area contributed by atoms with E-state index in [1.54, 1.807) is 46.8 Å². The van der Waals surface area contributed by atoms with Crippen LogP contribution in [0.4, 0.5) is 0 Å². The molecule has 58 heavy (non-hydrogen) atoms. The smallest absolute Gasteiger partial charge is 0.340 e. The lowest BCUT2D eigenvalue weighted by molar-refractivity contribution is -0.355. The molecule has 1 spiro atoms. The summed E-state index contributed by atoms with van der Waals surface area (Å²) in [5.74, 6) is -6.17. The van der Waals surface area contributed by atoms with Gasteiger partial charge < -0.3 is 48.8 Å². The molecule has 3 saturated heterocycles. The minimum atomic E-state index is -2.16. The maximum Gasteiger partial charge on any atom is 0.340 e. The van der Waals surface area contributed by atoms with Gasteiger partial charge in [0.25, 0.3) is 5.79 Å². The van der Waals surface area contributed by atoms with Crippen molar-refractivity contribution in [1.82, 2.24) is 4.90 Å². The molecule has 0 amide bonds. The summed E-state index contributed by atoms with van der Waals surface area (Å²) in [6.45, 7) is 13.3. The van der Waals surface area contributed by atoms with Crippen LogP contribution < -0.4 is 9.47 Å². The zero-order chi connectivity index (χ0) is 42.2. The summed E-state index contributed by atoms with van der Waals surface area (Å²) < 4.78 is 37.2. The highest BCUT2D eigenvalue weighted by Crippen LogP contribution is 2.79. The number of esters is 3. The second-order valence-corrected chi connectivity index (χ2v) is 19.9. The maximum absolute atomic E-state index is 14.4. The van der Waals surface area contributed by atoms with Crippen molar-refractivity contribution in [2.24, 2.45) is 40.9 Å². The molecule has 4 N–H and O–H groups in total. The molecule has 0 aromatic heterocycles. The Morgan fingerprint density at radius 2 is 1.43 bits per heavy atom. The van der Waals surface area contributed by atoms with Crippen LogP contribution in [0, 0.1) is 40.9 Å². The molecule has 14 heteroatoms. The largest absolute Gasteiger partial charge is 0.493 e. The maximum atomic E-state index is 14.4. The molecule has 4 aliphatic carbocycles. The lowest BCUT2D eigenvalue weighted by Crippen LogP contribution is -2.85. The minimum absolute atomic E-state index is 0.132. The van der Waals surface area contributed by atoms with Crippen molar-refractivity contribution in [1.29, 1.82) is 0 Å². The van der Waals surface area contributed by atoms with Gasteiger partial charge in [-0.3, -0.25) is 14.5 Å². The molecule has 4 saturated carbocycles. The van der Waals surface area contributed by atoms with E-state index in [1.807, 2.05) is 6.92 Å². The van der Waals surface area contributed by atoms with E-state index in [9.17, 15) is 34.8 Å². The van der Waals surface area contributed by atoms with Crippen molar-refractivity contribution in [3.8, 4) is 11.5 Å². The number of hydrogen-bond acceptors (Lipinski definition) is 14. The summed E-state index contributed by atoms with van der Waals surface area (Å²) in [5, 5.41) is 53.0.